The zero-order chi connectivity index (χ0) is 14.4. The van der Waals surface area contributed by atoms with Gasteiger partial charge in [0.15, 0.2) is 11.1 Å². The number of rotatable bonds is 6. The molecule has 0 spiro atoms. The molecule has 0 fully saturated rings. The van der Waals surface area contributed by atoms with E-state index >= 15 is 0 Å². The van der Waals surface area contributed by atoms with E-state index in [0.29, 0.717) is 0 Å². The summed E-state index contributed by atoms with van der Waals surface area (Å²) in [6.45, 7) is 11.6. The van der Waals surface area contributed by atoms with Gasteiger partial charge in [0.2, 0.25) is 0 Å². The molecule has 0 radical (unpaired) electrons. The highest BCUT2D eigenvalue weighted by Crippen LogP contribution is 2.29. The lowest BCUT2D eigenvalue weighted by Gasteiger charge is -2.26. The van der Waals surface area contributed by atoms with E-state index in [9.17, 15) is 10.5 Å². The highest BCUT2D eigenvalue weighted by atomic mass is 15.2. The van der Waals surface area contributed by atoms with Crippen molar-refractivity contribution in [3.05, 3.63) is 0 Å². The maximum absolute atomic E-state index is 9.27. The fourth-order valence-electron chi connectivity index (χ4n) is 1.46. The third-order valence-corrected chi connectivity index (χ3v) is 4.06. The Balaban J connectivity index is 5.24. The third-order valence-electron chi connectivity index (χ3n) is 4.06. The second-order valence-electron chi connectivity index (χ2n) is 5.34. The molecule has 0 saturated heterocycles. The van der Waals surface area contributed by atoms with Gasteiger partial charge in [-0.1, -0.05) is 40.5 Å². The molecular weight excluding hydrogens is 224 g/mol. The first-order valence-electron chi connectivity index (χ1n) is 6.56. The van der Waals surface area contributed by atoms with E-state index in [1.54, 1.807) is 13.8 Å². The van der Waals surface area contributed by atoms with E-state index in [2.05, 4.69) is 22.4 Å². The van der Waals surface area contributed by atoms with Crippen LogP contribution in [0.4, 0.5) is 0 Å². The van der Waals surface area contributed by atoms with Crippen LogP contribution in [0.25, 0.3) is 0 Å². The summed E-state index contributed by atoms with van der Waals surface area (Å²) in [5, 5.41) is 26.9. The van der Waals surface area contributed by atoms with Gasteiger partial charge in [0.05, 0.1) is 12.1 Å². The molecule has 0 heterocycles. The van der Waals surface area contributed by atoms with Crippen LogP contribution in [-0.2, 0) is 0 Å². The molecule has 4 atom stereocenters. The van der Waals surface area contributed by atoms with Gasteiger partial charge in [-0.2, -0.15) is 20.8 Å². The van der Waals surface area contributed by atoms with Gasteiger partial charge in [0, 0.05) is 0 Å². The van der Waals surface area contributed by atoms with Crippen molar-refractivity contribution >= 4 is 0 Å². The van der Waals surface area contributed by atoms with Crippen molar-refractivity contribution in [3.8, 4) is 12.1 Å². The second kappa shape index (κ2) is 6.50. The summed E-state index contributed by atoms with van der Waals surface area (Å²) in [4.78, 5) is 0. The molecule has 0 amide bonds. The van der Waals surface area contributed by atoms with E-state index in [0.717, 1.165) is 12.8 Å². The van der Waals surface area contributed by atoms with Crippen LogP contribution >= 0.6 is 0 Å². The number of nitrogens with zero attached hydrogens (tertiary/aromatic N) is 4. The van der Waals surface area contributed by atoms with E-state index in [4.69, 9.17) is 0 Å². The Morgan fingerprint density at radius 1 is 0.889 bits per heavy atom. The molecule has 0 rings (SSSR count). The smallest absolute Gasteiger partial charge is 0.167 e. The molecule has 0 aliphatic heterocycles. The average Bonchev–Trinajstić information content (AvgIpc) is 2.42. The predicted molar refractivity (Wildman–Crippen MR) is 71.8 cm³/mol. The highest BCUT2D eigenvalue weighted by molar-refractivity contribution is 5.10. The first-order valence-corrected chi connectivity index (χ1v) is 6.56. The van der Waals surface area contributed by atoms with Crippen LogP contribution in [0.1, 0.15) is 54.4 Å². The minimum absolute atomic E-state index is 0.117. The predicted octanol–water partition coefficient (Wildman–Crippen LogP) is 4.10. The summed E-state index contributed by atoms with van der Waals surface area (Å²) in [7, 11) is 0. The van der Waals surface area contributed by atoms with E-state index in [1.165, 1.54) is 0 Å². The fraction of sp³-hybridized carbons (Fsp3) is 0.857. The van der Waals surface area contributed by atoms with Gasteiger partial charge in [-0.25, -0.2) is 0 Å². The van der Waals surface area contributed by atoms with Gasteiger partial charge in [-0.15, -0.1) is 0 Å². The maximum atomic E-state index is 9.27. The van der Waals surface area contributed by atoms with Gasteiger partial charge >= 0.3 is 0 Å². The Hall–Kier alpha value is -1.42. The van der Waals surface area contributed by atoms with Crippen molar-refractivity contribution in [2.45, 2.75) is 65.5 Å². The number of azo groups is 1. The van der Waals surface area contributed by atoms with Crippen molar-refractivity contribution < 1.29 is 0 Å². The van der Waals surface area contributed by atoms with Crippen LogP contribution in [0, 0.1) is 34.5 Å². The first-order chi connectivity index (χ1) is 8.29. The van der Waals surface area contributed by atoms with Crippen LogP contribution in [0.2, 0.25) is 0 Å². The van der Waals surface area contributed by atoms with Crippen LogP contribution < -0.4 is 0 Å². The molecule has 18 heavy (non-hydrogen) atoms. The number of hydrogen-bond acceptors (Lipinski definition) is 4. The van der Waals surface area contributed by atoms with Crippen LogP contribution in [0.5, 0.6) is 0 Å². The van der Waals surface area contributed by atoms with Gasteiger partial charge in [0.25, 0.3) is 0 Å². The molecule has 0 aromatic rings. The Morgan fingerprint density at radius 2 is 1.17 bits per heavy atom. The lowest BCUT2D eigenvalue weighted by Crippen LogP contribution is -2.32. The zero-order valence-electron chi connectivity index (χ0n) is 12.4. The Labute approximate surface area is 111 Å². The summed E-state index contributed by atoms with van der Waals surface area (Å²) in [5.74, 6) is 0.234. The molecular formula is C14H24N4. The lowest BCUT2D eigenvalue weighted by molar-refractivity contribution is 0.324. The largest absolute Gasteiger partial charge is 0.196 e. The van der Waals surface area contributed by atoms with Crippen LogP contribution in [-0.4, -0.2) is 11.1 Å². The summed E-state index contributed by atoms with van der Waals surface area (Å²) in [6.07, 6.45) is 1.71. The summed E-state index contributed by atoms with van der Waals surface area (Å²) < 4.78 is 0. The molecule has 0 aromatic carbocycles. The minimum atomic E-state index is -0.847. The molecule has 0 aliphatic rings. The minimum Gasteiger partial charge on any atom is -0.196 e. The molecule has 4 heteroatoms. The third kappa shape index (κ3) is 3.53. The molecule has 4 nitrogen and oxygen atoms in total. The normalized spacial score (nSPS) is 21.3. The van der Waals surface area contributed by atoms with Crippen LogP contribution in [0.3, 0.4) is 0 Å². The molecule has 4 unspecified atom stereocenters. The van der Waals surface area contributed by atoms with Crippen molar-refractivity contribution in [2.75, 3.05) is 0 Å². The molecule has 0 aromatic heterocycles. The Bertz CT molecular complexity index is 340. The summed E-state index contributed by atoms with van der Waals surface area (Å²) >= 11 is 0. The Kier molecular flexibility index (Phi) is 5.98. The second-order valence-corrected chi connectivity index (χ2v) is 5.34. The first kappa shape index (κ1) is 16.6. The quantitative estimate of drug-likeness (QED) is 0.664. The molecule has 0 saturated carbocycles. The number of nitriles is 2. The van der Waals surface area contributed by atoms with Crippen molar-refractivity contribution in [1.29, 1.82) is 10.5 Å². The molecule has 0 aliphatic carbocycles. The number of hydrogen-bond donors (Lipinski definition) is 0. The zero-order valence-corrected chi connectivity index (χ0v) is 12.4. The van der Waals surface area contributed by atoms with Gasteiger partial charge in [0.1, 0.15) is 0 Å². The molecule has 0 N–H and O–H groups in total. The van der Waals surface area contributed by atoms with Crippen LogP contribution in [0.15, 0.2) is 10.2 Å². The van der Waals surface area contributed by atoms with Crippen molar-refractivity contribution in [2.24, 2.45) is 22.1 Å². The SMILES string of the molecule is CCC(C)C(C)(C#N)N=NC(C)(C#N)C(C)CC. The summed E-state index contributed by atoms with van der Waals surface area (Å²) in [6, 6.07) is 4.43. The highest BCUT2D eigenvalue weighted by Gasteiger charge is 2.34. The Morgan fingerprint density at radius 3 is 1.33 bits per heavy atom. The molecule has 100 valence electrons. The van der Waals surface area contributed by atoms with E-state index in [-0.39, 0.29) is 11.8 Å². The lowest BCUT2D eigenvalue weighted by atomic mass is 9.86. The van der Waals surface area contributed by atoms with Crippen molar-refractivity contribution in [1.82, 2.24) is 0 Å². The topological polar surface area (TPSA) is 72.3 Å². The monoisotopic (exact) mass is 248 g/mol. The van der Waals surface area contributed by atoms with E-state index in [1.807, 2.05) is 27.7 Å². The standard InChI is InChI=1S/C14H24N4/c1-7-11(3)13(5,9-15)17-18-14(6,10-16)12(4)8-2/h11-12H,7-8H2,1-6H3. The average molecular weight is 248 g/mol. The maximum Gasteiger partial charge on any atom is 0.167 e. The van der Waals surface area contributed by atoms with Gasteiger partial charge in [-0.05, 0) is 25.7 Å². The summed E-state index contributed by atoms with van der Waals surface area (Å²) in [5.41, 5.74) is -1.69. The van der Waals surface area contributed by atoms with Gasteiger partial charge < -0.3 is 0 Å². The fourth-order valence-corrected chi connectivity index (χ4v) is 1.46. The van der Waals surface area contributed by atoms with Crippen molar-refractivity contribution in [3.63, 3.8) is 0 Å². The van der Waals surface area contributed by atoms with Gasteiger partial charge in [-0.3, -0.25) is 0 Å². The van der Waals surface area contributed by atoms with E-state index < -0.39 is 11.1 Å². The molecule has 0 bridgehead atoms.